The summed E-state index contributed by atoms with van der Waals surface area (Å²) in [5, 5.41) is 8.70. The molecule has 128 valence electrons. The Balaban J connectivity index is 1.97. The summed E-state index contributed by atoms with van der Waals surface area (Å²) in [5.41, 5.74) is 1.32. The first-order valence-corrected chi connectivity index (χ1v) is 9.41. The van der Waals surface area contributed by atoms with Crippen molar-refractivity contribution in [3.8, 4) is 0 Å². The van der Waals surface area contributed by atoms with Gasteiger partial charge in [0, 0.05) is 13.0 Å². The van der Waals surface area contributed by atoms with Crippen molar-refractivity contribution >= 4 is 5.78 Å². The maximum absolute atomic E-state index is 11.9. The molecular weight excluding hydrogens is 272 g/mol. The fraction of sp³-hybridized carbons (Fsp3) is 0.850. The van der Waals surface area contributed by atoms with Crippen LogP contribution in [0.4, 0.5) is 0 Å². The quantitative estimate of drug-likeness (QED) is 0.477. The van der Waals surface area contributed by atoms with Crippen LogP contribution in [0.15, 0.2) is 11.6 Å². The number of ketones is 1. The van der Waals surface area contributed by atoms with Gasteiger partial charge in [-0.15, -0.1) is 0 Å². The lowest BCUT2D eigenvalue weighted by Crippen LogP contribution is -2.19. The largest absolute Gasteiger partial charge is 0.396 e. The van der Waals surface area contributed by atoms with E-state index in [-0.39, 0.29) is 5.41 Å². The third-order valence-electron chi connectivity index (χ3n) is 4.77. The number of carbonyl (C=O) groups is 1. The summed E-state index contributed by atoms with van der Waals surface area (Å²) in [6.07, 6.45) is 17.4. The normalized spacial score (nSPS) is 17.6. The van der Waals surface area contributed by atoms with Gasteiger partial charge in [0.05, 0.1) is 0 Å². The van der Waals surface area contributed by atoms with E-state index in [0.717, 1.165) is 31.3 Å². The predicted molar refractivity (Wildman–Crippen MR) is 94.0 cm³/mol. The fourth-order valence-electron chi connectivity index (χ4n) is 3.27. The van der Waals surface area contributed by atoms with Crippen LogP contribution in [0.5, 0.6) is 0 Å². The Morgan fingerprint density at radius 2 is 1.41 bits per heavy atom. The molecule has 0 unspecified atom stereocenters. The van der Waals surface area contributed by atoms with Gasteiger partial charge >= 0.3 is 0 Å². The molecule has 0 saturated heterocycles. The summed E-state index contributed by atoms with van der Waals surface area (Å²) in [6, 6.07) is 0. The molecule has 0 saturated carbocycles. The number of allylic oxidation sites excluding steroid dienone is 2. The Kier molecular flexibility index (Phi) is 9.70. The summed E-state index contributed by atoms with van der Waals surface area (Å²) in [5.74, 6) is 0.391. The molecular formula is C20H36O2. The van der Waals surface area contributed by atoms with Crippen LogP contribution in [0.1, 0.15) is 97.3 Å². The van der Waals surface area contributed by atoms with E-state index >= 15 is 0 Å². The van der Waals surface area contributed by atoms with E-state index in [2.05, 4.69) is 19.9 Å². The van der Waals surface area contributed by atoms with Crippen molar-refractivity contribution in [2.24, 2.45) is 5.41 Å². The molecule has 22 heavy (non-hydrogen) atoms. The molecule has 1 N–H and O–H groups in total. The maximum Gasteiger partial charge on any atom is 0.158 e. The average Bonchev–Trinajstić information content (AvgIpc) is 2.48. The third kappa shape index (κ3) is 8.73. The SMILES string of the molecule is CC1(C)C=C(CCCCCCCCCCCCO)C(=O)CC1. The minimum absolute atomic E-state index is 0.221. The summed E-state index contributed by atoms with van der Waals surface area (Å²) in [4.78, 5) is 11.9. The smallest absolute Gasteiger partial charge is 0.158 e. The van der Waals surface area contributed by atoms with Crippen LogP contribution in [-0.2, 0) is 4.79 Å². The molecule has 0 aromatic rings. The lowest BCUT2D eigenvalue weighted by atomic mass is 9.78. The molecule has 2 nitrogen and oxygen atoms in total. The zero-order valence-electron chi connectivity index (χ0n) is 14.8. The van der Waals surface area contributed by atoms with Gasteiger partial charge in [-0.2, -0.15) is 0 Å². The number of rotatable bonds is 12. The second kappa shape index (κ2) is 11.0. The molecule has 0 spiro atoms. The molecule has 0 bridgehead atoms. The van der Waals surface area contributed by atoms with Gasteiger partial charge < -0.3 is 5.11 Å². The zero-order chi connectivity index (χ0) is 16.3. The lowest BCUT2D eigenvalue weighted by molar-refractivity contribution is -0.116. The first-order valence-electron chi connectivity index (χ1n) is 9.41. The van der Waals surface area contributed by atoms with Gasteiger partial charge in [0.1, 0.15) is 0 Å². The summed E-state index contributed by atoms with van der Waals surface area (Å²) < 4.78 is 0. The van der Waals surface area contributed by atoms with Gasteiger partial charge in [-0.1, -0.05) is 71.3 Å². The van der Waals surface area contributed by atoms with Gasteiger partial charge in [-0.05, 0) is 36.7 Å². The second-order valence-corrected chi connectivity index (χ2v) is 7.59. The minimum Gasteiger partial charge on any atom is -0.396 e. The molecule has 1 aliphatic rings. The highest BCUT2D eigenvalue weighted by atomic mass is 16.2. The number of aliphatic hydroxyl groups is 1. The van der Waals surface area contributed by atoms with Crippen molar-refractivity contribution in [2.45, 2.75) is 97.3 Å². The Morgan fingerprint density at radius 1 is 0.909 bits per heavy atom. The van der Waals surface area contributed by atoms with Crippen LogP contribution in [0.2, 0.25) is 0 Å². The maximum atomic E-state index is 11.9. The van der Waals surface area contributed by atoms with E-state index in [1.165, 1.54) is 57.8 Å². The second-order valence-electron chi connectivity index (χ2n) is 7.59. The van der Waals surface area contributed by atoms with E-state index in [1.54, 1.807) is 0 Å². The topological polar surface area (TPSA) is 37.3 Å². The third-order valence-corrected chi connectivity index (χ3v) is 4.77. The molecule has 0 aromatic carbocycles. The van der Waals surface area contributed by atoms with Crippen molar-refractivity contribution in [3.05, 3.63) is 11.6 Å². The highest BCUT2D eigenvalue weighted by Crippen LogP contribution is 2.33. The van der Waals surface area contributed by atoms with Crippen molar-refractivity contribution in [3.63, 3.8) is 0 Å². The molecule has 1 rings (SSSR count). The van der Waals surface area contributed by atoms with Crippen molar-refractivity contribution < 1.29 is 9.90 Å². The summed E-state index contributed by atoms with van der Waals surface area (Å²) in [7, 11) is 0. The monoisotopic (exact) mass is 308 g/mol. The van der Waals surface area contributed by atoms with Gasteiger partial charge in [0.2, 0.25) is 0 Å². The lowest BCUT2D eigenvalue weighted by Gasteiger charge is -2.26. The first-order chi connectivity index (χ1) is 10.5. The molecule has 0 atom stereocenters. The molecule has 0 heterocycles. The fourth-order valence-corrected chi connectivity index (χ4v) is 3.27. The standard InChI is InChI=1S/C20H36O2/c1-20(2)15-14-19(22)18(17-20)13-11-9-7-5-3-4-6-8-10-12-16-21/h17,21H,3-16H2,1-2H3. The van der Waals surface area contributed by atoms with Crippen molar-refractivity contribution in [1.29, 1.82) is 0 Å². The average molecular weight is 309 g/mol. The number of unbranched alkanes of at least 4 members (excludes halogenated alkanes) is 9. The van der Waals surface area contributed by atoms with Gasteiger partial charge in [-0.25, -0.2) is 0 Å². The number of hydrogen-bond donors (Lipinski definition) is 1. The van der Waals surface area contributed by atoms with E-state index in [9.17, 15) is 4.79 Å². The van der Waals surface area contributed by atoms with E-state index in [4.69, 9.17) is 5.11 Å². The molecule has 0 aromatic heterocycles. The first kappa shape index (κ1) is 19.4. The van der Waals surface area contributed by atoms with Crippen LogP contribution < -0.4 is 0 Å². The molecule has 1 aliphatic carbocycles. The van der Waals surface area contributed by atoms with Crippen LogP contribution in [0.25, 0.3) is 0 Å². The molecule has 0 amide bonds. The number of hydrogen-bond acceptors (Lipinski definition) is 2. The van der Waals surface area contributed by atoms with E-state index < -0.39 is 0 Å². The highest BCUT2D eigenvalue weighted by Gasteiger charge is 2.25. The van der Waals surface area contributed by atoms with Gasteiger partial charge in [0.25, 0.3) is 0 Å². The number of aliphatic hydroxyl groups excluding tert-OH is 1. The Bertz CT molecular complexity index is 342. The Labute approximate surface area is 137 Å². The zero-order valence-corrected chi connectivity index (χ0v) is 14.8. The molecule has 0 fully saturated rings. The van der Waals surface area contributed by atoms with Crippen LogP contribution in [0, 0.1) is 5.41 Å². The van der Waals surface area contributed by atoms with E-state index in [0.29, 0.717) is 12.4 Å². The number of Topliss-reactive ketones (excluding diaryl/α,β-unsaturated/α-hetero) is 1. The molecule has 2 heteroatoms. The van der Waals surface area contributed by atoms with Crippen molar-refractivity contribution in [2.75, 3.05) is 6.61 Å². The summed E-state index contributed by atoms with van der Waals surface area (Å²) >= 11 is 0. The number of carbonyl (C=O) groups excluding carboxylic acids is 1. The van der Waals surface area contributed by atoms with Gasteiger partial charge in [0.15, 0.2) is 5.78 Å². The van der Waals surface area contributed by atoms with Crippen molar-refractivity contribution in [1.82, 2.24) is 0 Å². The van der Waals surface area contributed by atoms with Gasteiger partial charge in [-0.3, -0.25) is 4.79 Å². The van der Waals surface area contributed by atoms with Crippen LogP contribution in [-0.4, -0.2) is 17.5 Å². The van der Waals surface area contributed by atoms with E-state index in [1.807, 2.05) is 0 Å². The van der Waals surface area contributed by atoms with Crippen LogP contribution >= 0.6 is 0 Å². The Morgan fingerprint density at radius 3 is 1.95 bits per heavy atom. The molecule has 0 radical (unpaired) electrons. The predicted octanol–water partition coefficient (Wildman–Crippen LogP) is 5.59. The highest BCUT2D eigenvalue weighted by molar-refractivity contribution is 5.96. The Hall–Kier alpha value is -0.630. The van der Waals surface area contributed by atoms with Crippen LogP contribution in [0.3, 0.4) is 0 Å². The molecule has 0 aliphatic heterocycles. The minimum atomic E-state index is 0.221. The summed E-state index contributed by atoms with van der Waals surface area (Å²) in [6.45, 7) is 4.82.